The van der Waals surface area contributed by atoms with Gasteiger partial charge in [0.05, 0.1) is 7.11 Å². The molecule has 0 aliphatic heterocycles. The Morgan fingerprint density at radius 2 is 1.92 bits per heavy atom. The normalized spacial score (nSPS) is 19.9. The van der Waals surface area contributed by atoms with Crippen molar-refractivity contribution in [3.8, 4) is 11.8 Å². The molecule has 1 aromatic carbocycles. The van der Waals surface area contributed by atoms with Gasteiger partial charge in [-0.15, -0.1) is 0 Å². The predicted octanol–water partition coefficient (Wildman–Crippen LogP) is 2.74. The first kappa shape index (κ1) is 17.1. The van der Waals surface area contributed by atoms with Crippen molar-refractivity contribution in [1.29, 1.82) is 0 Å². The summed E-state index contributed by atoms with van der Waals surface area (Å²) in [5.74, 6) is -0.704. The highest BCUT2D eigenvalue weighted by Crippen LogP contribution is 2.23. The van der Waals surface area contributed by atoms with Gasteiger partial charge in [0, 0.05) is 24.0 Å². The van der Waals surface area contributed by atoms with E-state index in [9.17, 15) is 9.18 Å². The highest BCUT2D eigenvalue weighted by molar-refractivity contribution is 5.94. The fourth-order valence-corrected chi connectivity index (χ4v) is 2.90. The van der Waals surface area contributed by atoms with Crippen LogP contribution in [0.5, 0.6) is 11.8 Å². The maximum Gasteiger partial charge on any atom is 0.316 e. The summed E-state index contributed by atoms with van der Waals surface area (Å²) in [6.07, 6.45) is 6.53. The lowest BCUT2D eigenvalue weighted by molar-refractivity contribution is 0.0884. The SMILES string of the molecule is COc1ccc(C(=O)NC2CCC(Oc3ncccn3)CC2)cc1F. The summed E-state index contributed by atoms with van der Waals surface area (Å²) in [5, 5.41) is 2.95. The number of benzene rings is 1. The molecule has 1 aliphatic rings. The predicted molar refractivity (Wildman–Crippen MR) is 89.1 cm³/mol. The number of aromatic nitrogens is 2. The minimum absolute atomic E-state index is 0.0500. The smallest absolute Gasteiger partial charge is 0.316 e. The molecule has 3 rings (SSSR count). The summed E-state index contributed by atoms with van der Waals surface area (Å²) in [6.45, 7) is 0. The number of hydrogen-bond acceptors (Lipinski definition) is 5. The van der Waals surface area contributed by atoms with E-state index >= 15 is 0 Å². The van der Waals surface area contributed by atoms with Crippen molar-refractivity contribution >= 4 is 5.91 Å². The minimum Gasteiger partial charge on any atom is -0.494 e. The Morgan fingerprint density at radius 3 is 2.56 bits per heavy atom. The molecule has 0 bridgehead atoms. The molecule has 1 saturated carbocycles. The van der Waals surface area contributed by atoms with Crippen LogP contribution in [0.4, 0.5) is 4.39 Å². The van der Waals surface area contributed by atoms with Crippen LogP contribution in [0.2, 0.25) is 0 Å². The van der Waals surface area contributed by atoms with Gasteiger partial charge in [-0.2, -0.15) is 0 Å². The topological polar surface area (TPSA) is 73.3 Å². The summed E-state index contributed by atoms with van der Waals surface area (Å²) in [7, 11) is 1.39. The van der Waals surface area contributed by atoms with Crippen molar-refractivity contribution in [2.45, 2.75) is 37.8 Å². The Balaban J connectivity index is 1.50. The first-order chi connectivity index (χ1) is 12.2. The highest BCUT2D eigenvalue weighted by atomic mass is 19.1. The number of hydrogen-bond donors (Lipinski definition) is 1. The summed E-state index contributed by atoms with van der Waals surface area (Å²) in [6, 6.07) is 6.36. The van der Waals surface area contributed by atoms with E-state index in [1.165, 1.54) is 19.2 Å². The van der Waals surface area contributed by atoms with Gasteiger partial charge in [0.2, 0.25) is 0 Å². The van der Waals surface area contributed by atoms with Gasteiger partial charge in [-0.3, -0.25) is 4.79 Å². The van der Waals surface area contributed by atoms with Crippen molar-refractivity contribution in [2.24, 2.45) is 0 Å². The minimum atomic E-state index is -0.546. The van der Waals surface area contributed by atoms with Crippen molar-refractivity contribution in [1.82, 2.24) is 15.3 Å². The lowest BCUT2D eigenvalue weighted by Crippen LogP contribution is -2.39. The zero-order chi connectivity index (χ0) is 17.6. The molecule has 1 N–H and O–H groups in total. The fourth-order valence-electron chi connectivity index (χ4n) is 2.90. The molecule has 7 heteroatoms. The van der Waals surface area contributed by atoms with Crippen molar-refractivity contribution in [3.63, 3.8) is 0 Å². The Labute approximate surface area is 145 Å². The van der Waals surface area contributed by atoms with Gasteiger partial charge >= 0.3 is 6.01 Å². The van der Waals surface area contributed by atoms with Crippen LogP contribution in [0.3, 0.4) is 0 Å². The highest BCUT2D eigenvalue weighted by Gasteiger charge is 2.24. The number of amides is 1. The maximum absolute atomic E-state index is 13.7. The van der Waals surface area contributed by atoms with Gasteiger partial charge in [-0.05, 0) is 49.9 Å². The van der Waals surface area contributed by atoms with Crippen molar-refractivity contribution < 1.29 is 18.7 Å². The largest absolute Gasteiger partial charge is 0.494 e. The molecule has 1 aliphatic carbocycles. The van der Waals surface area contributed by atoms with Crippen LogP contribution in [-0.4, -0.2) is 35.1 Å². The molecule has 0 spiro atoms. The number of carbonyl (C=O) groups excluding carboxylic acids is 1. The van der Waals surface area contributed by atoms with Crippen LogP contribution in [0.25, 0.3) is 0 Å². The van der Waals surface area contributed by atoms with E-state index in [0.29, 0.717) is 6.01 Å². The third-order valence-corrected chi connectivity index (χ3v) is 4.24. The molecular weight excluding hydrogens is 325 g/mol. The van der Waals surface area contributed by atoms with Gasteiger partial charge in [0.25, 0.3) is 5.91 Å². The van der Waals surface area contributed by atoms with Gasteiger partial charge in [0.15, 0.2) is 11.6 Å². The molecule has 0 saturated heterocycles. The third kappa shape index (κ3) is 4.43. The molecule has 1 aromatic heterocycles. The number of carbonyl (C=O) groups is 1. The van der Waals surface area contributed by atoms with E-state index in [2.05, 4.69) is 15.3 Å². The number of rotatable bonds is 5. The summed E-state index contributed by atoms with van der Waals surface area (Å²) in [5.41, 5.74) is 0.286. The molecule has 0 unspecified atom stereocenters. The summed E-state index contributed by atoms with van der Waals surface area (Å²) < 4.78 is 24.3. The Bertz CT molecular complexity index is 719. The second-order valence-corrected chi connectivity index (χ2v) is 5.95. The Morgan fingerprint density at radius 1 is 1.20 bits per heavy atom. The number of halogens is 1. The number of nitrogens with one attached hydrogen (secondary N) is 1. The van der Waals surface area contributed by atoms with E-state index in [-0.39, 0.29) is 29.4 Å². The standard InChI is InChI=1S/C18H20FN3O3/c1-24-16-8-3-12(11-15(16)19)17(23)22-13-4-6-14(7-5-13)25-18-20-9-2-10-21-18/h2-3,8-11,13-14H,4-7H2,1H3,(H,22,23). The van der Waals surface area contributed by atoms with Crippen molar-refractivity contribution in [3.05, 3.63) is 48.0 Å². The Kier molecular flexibility index (Phi) is 5.42. The van der Waals surface area contributed by atoms with Crippen LogP contribution in [-0.2, 0) is 0 Å². The van der Waals surface area contributed by atoms with E-state index < -0.39 is 5.82 Å². The monoisotopic (exact) mass is 345 g/mol. The second kappa shape index (κ2) is 7.92. The van der Waals surface area contributed by atoms with Crippen LogP contribution in [0, 0.1) is 5.82 Å². The molecule has 2 aromatic rings. The van der Waals surface area contributed by atoms with E-state index in [0.717, 1.165) is 25.7 Å². The van der Waals surface area contributed by atoms with E-state index in [1.54, 1.807) is 24.5 Å². The van der Waals surface area contributed by atoms with Crippen LogP contribution in [0.1, 0.15) is 36.0 Å². The first-order valence-corrected chi connectivity index (χ1v) is 8.24. The molecular formula is C18H20FN3O3. The van der Waals surface area contributed by atoms with Gasteiger partial charge < -0.3 is 14.8 Å². The van der Waals surface area contributed by atoms with E-state index in [1.807, 2.05) is 0 Å². The van der Waals surface area contributed by atoms with Crippen LogP contribution >= 0.6 is 0 Å². The lowest BCUT2D eigenvalue weighted by Gasteiger charge is -2.28. The summed E-state index contributed by atoms with van der Waals surface area (Å²) in [4.78, 5) is 20.4. The van der Waals surface area contributed by atoms with Crippen LogP contribution in [0.15, 0.2) is 36.7 Å². The van der Waals surface area contributed by atoms with Crippen LogP contribution < -0.4 is 14.8 Å². The average molecular weight is 345 g/mol. The lowest BCUT2D eigenvalue weighted by atomic mass is 9.92. The average Bonchev–Trinajstić information content (AvgIpc) is 2.64. The summed E-state index contributed by atoms with van der Waals surface area (Å²) >= 11 is 0. The molecule has 132 valence electrons. The maximum atomic E-state index is 13.7. The molecule has 0 atom stereocenters. The number of nitrogens with zero attached hydrogens (tertiary/aromatic N) is 2. The Hall–Kier alpha value is -2.70. The fraction of sp³-hybridized carbons (Fsp3) is 0.389. The number of ether oxygens (including phenoxy) is 2. The third-order valence-electron chi connectivity index (χ3n) is 4.24. The van der Waals surface area contributed by atoms with Gasteiger partial charge in [-0.1, -0.05) is 0 Å². The zero-order valence-corrected chi connectivity index (χ0v) is 13.9. The second-order valence-electron chi connectivity index (χ2n) is 5.95. The molecule has 1 heterocycles. The van der Waals surface area contributed by atoms with Crippen molar-refractivity contribution in [2.75, 3.05) is 7.11 Å². The number of methoxy groups -OCH3 is 1. The van der Waals surface area contributed by atoms with Gasteiger partial charge in [0.1, 0.15) is 6.10 Å². The molecule has 0 radical (unpaired) electrons. The molecule has 1 amide bonds. The zero-order valence-electron chi connectivity index (χ0n) is 13.9. The molecule has 6 nitrogen and oxygen atoms in total. The molecule has 1 fully saturated rings. The van der Waals surface area contributed by atoms with Gasteiger partial charge in [-0.25, -0.2) is 14.4 Å². The molecule has 25 heavy (non-hydrogen) atoms. The first-order valence-electron chi connectivity index (χ1n) is 8.24. The quantitative estimate of drug-likeness (QED) is 0.902. The van der Waals surface area contributed by atoms with E-state index in [4.69, 9.17) is 9.47 Å².